The monoisotopic (exact) mass is 205 g/mol. The lowest BCUT2D eigenvalue weighted by Gasteiger charge is -2.19. The minimum Gasteiger partial charge on any atom is -0.488 e. The maximum Gasteiger partial charge on any atom is 0.123 e. The molecule has 0 radical (unpaired) electrons. The van der Waals surface area contributed by atoms with Gasteiger partial charge >= 0.3 is 0 Å². The van der Waals surface area contributed by atoms with Gasteiger partial charge in [-0.25, -0.2) is 0 Å². The van der Waals surface area contributed by atoms with Gasteiger partial charge in [0.05, 0.1) is 0 Å². The van der Waals surface area contributed by atoms with Gasteiger partial charge in [0.15, 0.2) is 0 Å². The first kappa shape index (κ1) is 10.5. The van der Waals surface area contributed by atoms with E-state index in [1.165, 1.54) is 11.1 Å². The molecule has 1 aromatic carbocycles. The van der Waals surface area contributed by atoms with Crippen LogP contribution in [0.4, 0.5) is 0 Å². The van der Waals surface area contributed by atoms with Crippen molar-refractivity contribution in [1.82, 2.24) is 0 Å². The van der Waals surface area contributed by atoms with E-state index in [0.717, 1.165) is 12.2 Å². The standard InChI is InChI=1S/C13H19NO/c1-13(2,3)10-4-5-12-9(6-10)7-11(8-14)15-12/h4-6,11H,7-8,14H2,1-3H3/t11-/m1/s1. The zero-order valence-corrected chi connectivity index (χ0v) is 9.71. The van der Waals surface area contributed by atoms with Crippen molar-refractivity contribution in [2.45, 2.75) is 38.7 Å². The van der Waals surface area contributed by atoms with E-state index in [9.17, 15) is 0 Å². The molecule has 0 aromatic heterocycles. The topological polar surface area (TPSA) is 35.2 Å². The van der Waals surface area contributed by atoms with Gasteiger partial charge in [-0.15, -0.1) is 0 Å². The van der Waals surface area contributed by atoms with Crippen LogP contribution in [0.1, 0.15) is 31.9 Å². The van der Waals surface area contributed by atoms with Crippen molar-refractivity contribution in [3.63, 3.8) is 0 Å². The number of fused-ring (bicyclic) bond motifs is 1. The van der Waals surface area contributed by atoms with E-state index in [-0.39, 0.29) is 11.5 Å². The average molecular weight is 205 g/mol. The van der Waals surface area contributed by atoms with Gasteiger partial charge in [-0.2, -0.15) is 0 Å². The molecule has 1 atom stereocenters. The molecular formula is C13H19NO. The van der Waals surface area contributed by atoms with Gasteiger partial charge in [0, 0.05) is 13.0 Å². The summed E-state index contributed by atoms with van der Waals surface area (Å²) in [4.78, 5) is 0. The third kappa shape index (κ3) is 2.00. The van der Waals surface area contributed by atoms with E-state index in [4.69, 9.17) is 10.5 Å². The molecule has 2 N–H and O–H groups in total. The van der Waals surface area contributed by atoms with Crippen LogP contribution in [0.15, 0.2) is 18.2 Å². The molecule has 0 saturated heterocycles. The molecule has 2 nitrogen and oxygen atoms in total. The van der Waals surface area contributed by atoms with Crippen LogP contribution in [0.2, 0.25) is 0 Å². The van der Waals surface area contributed by atoms with Crippen LogP contribution in [-0.2, 0) is 11.8 Å². The first-order valence-electron chi connectivity index (χ1n) is 5.51. The largest absolute Gasteiger partial charge is 0.488 e. The molecule has 2 rings (SSSR count). The molecule has 0 fully saturated rings. The number of hydrogen-bond acceptors (Lipinski definition) is 2. The Morgan fingerprint density at radius 2 is 2.13 bits per heavy atom. The van der Waals surface area contributed by atoms with Gasteiger partial charge in [0.1, 0.15) is 11.9 Å². The second-order valence-electron chi connectivity index (χ2n) is 5.25. The van der Waals surface area contributed by atoms with Crippen molar-refractivity contribution < 1.29 is 4.74 Å². The predicted octanol–water partition coefficient (Wildman–Crippen LogP) is 2.25. The fraction of sp³-hybridized carbons (Fsp3) is 0.538. The highest BCUT2D eigenvalue weighted by atomic mass is 16.5. The van der Waals surface area contributed by atoms with Gasteiger partial charge in [0.25, 0.3) is 0 Å². The third-order valence-corrected chi connectivity index (χ3v) is 2.93. The summed E-state index contributed by atoms with van der Waals surface area (Å²) in [6.45, 7) is 7.28. The summed E-state index contributed by atoms with van der Waals surface area (Å²) in [6, 6.07) is 6.48. The number of nitrogens with two attached hydrogens (primary N) is 1. The van der Waals surface area contributed by atoms with Crippen molar-refractivity contribution >= 4 is 0 Å². The Labute approximate surface area is 91.4 Å². The maximum atomic E-state index is 5.70. The summed E-state index contributed by atoms with van der Waals surface area (Å²) >= 11 is 0. The van der Waals surface area contributed by atoms with E-state index in [1.54, 1.807) is 0 Å². The lowest BCUT2D eigenvalue weighted by molar-refractivity contribution is 0.241. The molecule has 1 aliphatic rings. The lowest BCUT2D eigenvalue weighted by atomic mass is 9.86. The fourth-order valence-electron chi connectivity index (χ4n) is 1.92. The highest BCUT2D eigenvalue weighted by molar-refractivity contribution is 5.42. The van der Waals surface area contributed by atoms with E-state index < -0.39 is 0 Å². The molecule has 1 aliphatic heterocycles. The molecule has 0 spiro atoms. The lowest BCUT2D eigenvalue weighted by Crippen LogP contribution is -2.24. The van der Waals surface area contributed by atoms with Crippen LogP contribution in [0.3, 0.4) is 0 Å². The highest BCUT2D eigenvalue weighted by Crippen LogP contribution is 2.33. The van der Waals surface area contributed by atoms with E-state index in [2.05, 4.69) is 39.0 Å². The van der Waals surface area contributed by atoms with Gasteiger partial charge in [-0.05, 0) is 22.6 Å². The van der Waals surface area contributed by atoms with Crippen LogP contribution < -0.4 is 10.5 Å². The number of benzene rings is 1. The summed E-state index contributed by atoms with van der Waals surface area (Å²) in [5.41, 5.74) is 8.48. The molecular weight excluding hydrogens is 186 g/mol. The molecule has 0 amide bonds. The molecule has 82 valence electrons. The second kappa shape index (κ2) is 3.53. The summed E-state index contributed by atoms with van der Waals surface area (Å²) in [6.07, 6.45) is 1.13. The van der Waals surface area contributed by atoms with Crippen LogP contribution in [0, 0.1) is 0 Å². The van der Waals surface area contributed by atoms with E-state index in [0.29, 0.717) is 6.54 Å². The summed E-state index contributed by atoms with van der Waals surface area (Å²) in [5.74, 6) is 1.01. The third-order valence-electron chi connectivity index (χ3n) is 2.93. The number of ether oxygens (including phenoxy) is 1. The van der Waals surface area contributed by atoms with Crippen molar-refractivity contribution in [1.29, 1.82) is 0 Å². The molecule has 1 aromatic rings. The average Bonchev–Trinajstić information content (AvgIpc) is 2.57. The Morgan fingerprint density at radius 1 is 1.40 bits per heavy atom. The number of rotatable bonds is 1. The minimum absolute atomic E-state index is 0.176. The summed E-state index contributed by atoms with van der Waals surface area (Å²) in [7, 11) is 0. The fourth-order valence-corrected chi connectivity index (χ4v) is 1.92. The molecule has 0 bridgehead atoms. The number of hydrogen-bond donors (Lipinski definition) is 1. The van der Waals surface area contributed by atoms with Crippen LogP contribution >= 0.6 is 0 Å². The van der Waals surface area contributed by atoms with E-state index >= 15 is 0 Å². The van der Waals surface area contributed by atoms with Crippen molar-refractivity contribution in [2.24, 2.45) is 5.73 Å². The molecule has 0 saturated carbocycles. The second-order valence-corrected chi connectivity index (χ2v) is 5.25. The van der Waals surface area contributed by atoms with Crippen LogP contribution in [0.25, 0.3) is 0 Å². The summed E-state index contributed by atoms with van der Waals surface area (Å²) in [5, 5.41) is 0. The first-order chi connectivity index (χ1) is 7.00. The maximum absolute atomic E-state index is 5.70. The Bertz CT molecular complexity index is 365. The Balaban J connectivity index is 2.30. The van der Waals surface area contributed by atoms with Crippen LogP contribution in [0.5, 0.6) is 5.75 Å². The zero-order chi connectivity index (χ0) is 11.1. The Hall–Kier alpha value is -1.02. The van der Waals surface area contributed by atoms with Gasteiger partial charge < -0.3 is 10.5 Å². The van der Waals surface area contributed by atoms with Gasteiger partial charge in [-0.3, -0.25) is 0 Å². The van der Waals surface area contributed by atoms with Crippen LogP contribution in [-0.4, -0.2) is 12.6 Å². The first-order valence-corrected chi connectivity index (χ1v) is 5.51. The Kier molecular flexibility index (Phi) is 2.47. The quantitative estimate of drug-likeness (QED) is 0.763. The smallest absolute Gasteiger partial charge is 0.123 e. The predicted molar refractivity (Wildman–Crippen MR) is 62.3 cm³/mol. The molecule has 0 unspecified atom stereocenters. The van der Waals surface area contributed by atoms with Crippen molar-refractivity contribution in [2.75, 3.05) is 6.54 Å². The van der Waals surface area contributed by atoms with E-state index in [1.807, 2.05) is 0 Å². The van der Waals surface area contributed by atoms with Gasteiger partial charge in [0.2, 0.25) is 0 Å². The normalized spacial score (nSPS) is 19.9. The highest BCUT2D eigenvalue weighted by Gasteiger charge is 2.23. The SMILES string of the molecule is CC(C)(C)c1ccc2c(c1)C[C@H](CN)O2. The van der Waals surface area contributed by atoms with Gasteiger partial charge in [-0.1, -0.05) is 32.9 Å². The molecule has 2 heteroatoms. The minimum atomic E-state index is 0.176. The van der Waals surface area contributed by atoms with Crippen molar-refractivity contribution in [3.05, 3.63) is 29.3 Å². The zero-order valence-electron chi connectivity index (χ0n) is 9.71. The summed E-state index contributed by atoms with van der Waals surface area (Å²) < 4.78 is 5.70. The molecule has 15 heavy (non-hydrogen) atoms. The molecule has 1 heterocycles. The molecule has 0 aliphatic carbocycles. The van der Waals surface area contributed by atoms with Crippen molar-refractivity contribution in [3.8, 4) is 5.75 Å². The Morgan fingerprint density at radius 3 is 2.73 bits per heavy atom.